The van der Waals surface area contributed by atoms with Crippen LogP contribution in [0.5, 0.6) is 0 Å². The first-order valence-electron chi connectivity index (χ1n) is 8.67. The van der Waals surface area contributed by atoms with Gasteiger partial charge in [-0.3, -0.25) is 9.10 Å². The minimum Gasteiger partial charge on any atom is -0.545 e. The van der Waals surface area contributed by atoms with Crippen LogP contribution in [0.3, 0.4) is 0 Å². The van der Waals surface area contributed by atoms with Gasteiger partial charge in [0.2, 0.25) is 0 Å². The topological polar surface area (TPSA) is 107 Å². The van der Waals surface area contributed by atoms with Crippen molar-refractivity contribution in [3.63, 3.8) is 0 Å². The number of amides is 1. The van der Waals surface area contributed by atoms with E-state index in [1.165, 1.54) is 37.4 Å². The van der Waals surface area contributed by atoms with Crippen LogP contribution in [-0.2, 0) is 10.0 Å². The third-order valence-corrected chi connectivity index (χ3v) is 6.47. The number of nitrogens with zero attached hydrogens (tertiary/aromatic N) is 1. The monoisotopic (exact) mass is 443 g/mol. The number of carbonyl (C=O) groups excluding carboxylic acids is 2. The van der Waals surface area contributed by atoms with E-state index >= 15 is 0 Å². The largest absolute Gasteiger partial charge is 0.545 e. The molecule has 3 aromatic rings. The Morgan fingerprint density at radius 2 is 1.57 bits per heavy atom. The maximum Gasteiger partial charge on any atom is 0.264 e. The molecule has 0 unspecified atom stereocenters. The van der Waals surface area contributed by atoms with Crippen LogP contribution in [0.1, 0.15) is 20.7 Å². The number of sulfonamides is 1. The van der Waals surface area contributed by atoms with Gasteiger partial charge in [-0.25, -0.2) is 8.42 Å². The van der Waals surface area contributed by atoms with Gasteiger partial charge in [0.25, 0.3) is 15.9 Å². The minimum absolute atomic E-state index is 0.00762. The quantitative estimate of drug-likeness (QED) is 0.630. The molecule has 30 heavy (non-hydrogen) atoms. The molecular formula is C21H16ClN2O5S-. The molecule has 9 heteroatoms. The van der Waals surface area contributed by atoms with Crippen molar-refractivity contribution in [3.05, 3.63) is 88.9 Å². The Hall–Kier alpha value is -3.36. The number of carbonyl (C=O) groups is 2. The number of rotatable bonds is 6. The number of anilines is 2. The molecule has 7 nitrogen and oxygen atoms in total. The summed E-state index contributed by atoms with van der Waals surface area (Å²) in [5, 5.41) is 13.7. The summed E-state index contributed by atoms with van der Waals surface area (Å²) in [6.07, 6.45) is 0. The van der Waals surface area contributed by atoms with Crippen LogP contribution in [0.15, 0.2) is 77.7 Å². The minimum atomic E-state index is -3.97. The maximum absolute atomic E-state index is 13.0. The van der Waals surface area contributed by atoms with Crippen molar-refractivity contribution in [2.45, 2.75) is 4.90 Å². The van der Waals surface area contributed by atoms with Crippen molar-refractivity contribution in [3.8, 4) is 0 Å². The van der Waals surface area contributed by atoms with E-state index in [1.54, 1.807) is 36.4 Å². The van der Waals surface area contributed by atoms with Crippen LogP contribution >= 0.6 is 11.6 Å². The predicted molar refractivity (Wildman–Crippen MR) is 112 cm³/mol. The zero-order valence-electron chi connectivity index (χ0n) is 15.7. The number of aromatic carboxylic acids is 1. The Balaban J connectivity index is 1.96. The van der Waals surface area contributed by atoms with E-state index in [0.717, 1.165) is 10.4 Å². The third kappa shape index (κ3) is 4.29. The van der Waals surface area contributed by atoms with Crippen LogP contribution in [0.4, 0.5) is 11.4 Å². The van der Waals surface area contributed by atoms with Gasteiger partial charge in [-0.2, -0.15) is 0 Å². The molecule has 0 atom stereocenters. The Bertz CT molecular complexity index is 1210. The fourth-order valence-electron chi connectivity index (χ4n) is 2.73. The van der Waals surface area contributed by atoms with Gasteiger partial charge in [0, 0.05) is 12.6 Å². The highest BCUT2D eigenvalue weighted by Crippen LogP contribution is 2.26. The fraction of sp³-hybridized carbons (Fsp3) is 0.0476. The fourth-order valence-corrected chi connectivity index (χ4v) is 4.16. The number of nitrogens with one attached hydrogen (secondary N) is 1. The zero-order chi connectivity index (χ0) is 21.9. The van der Waals surface area contributed by atoms with Crippen molar-refractivity contribution in [1.29, 1.82) is 0 Å². The van der Waals surface area contributed by atoms with Crippen molar-refractivity contribution in [2.24, 2.45) is 0 Å². The molecule has 3 rings (SSSR count). The number of hydrogen-bond acceptors (Lipinski definition) is 5. The zero-order valence-corrected chi connectivity index (χ0v) is 17.3. The summed E-state index contributed by atoms with van der Waals surface area (Å²) in [4.78, 5) is 23.8. The second-order valence-corrected chi connectivity index (χ2v) is 8.61. The Kier molecular flexibility index (Phi) is 6.09. The highest BCUT2D eigenvalue weighted by molar-refractivity contribution is 7.92. The van der Waals surface area contributed by atoms with E-state index in [0.29, 0.717) is 5.69 Å². The van der Waals surface area contributed by atoms with Crippen molar-refractivity contribution in [2.75, 3.05) is 16.7 Å². The standard InChI is InChI=1S/C21H17ClN2O5S/c1-24(14-7-3-2-4-8-14)30(28,29)15-11-12-18(22)17(13-15)20(25)23-19-10-6-5-9-16(19)21(26)27/h2-13H,1H3,(H,23,25)(H,26,27)/p-1. The number of hydrogen-bond donors (Lipinski definition) is 1. The lowest BCUT2D eigenvalue weighted by molar-refractivity contribution is -0.254. The second-order valence-electron chi connectivity index (χ2n) is 6.24. The van der Waals surface area contributed by atoms with E-state index in [9.17, 15) is 23.1 Å². The van der Waals surface area contributed by atoms with Crippen molar-refractivity contribution in [1.82, 2.24) is 0 Å². The predicted octanol–water partition coefficient (Wildman–Crippen LogP) is 2.78. The molecule has 0 aliphatic rings. The van der Waals surface area contributed by atoms with Crippen LogP contribution < -0.4 is 14.7 Å². The highest BCUT2D eigenvalue weighted by atomic mass is 35.5. The van der Waals surface area contributed by atoms with E-state index in [1.807, 2.05) is 0 Å². The maximum atomic E-state index is 13.0. The molecule has 0 aliphatic carbocycles. The molecule has 154 valence electrons. The SMILES string of the molecule is CN(c1ccccc1)S(=O)(=O)c1ccc(Cl)c(C(=O)Nc2ccccc2C(=O)[O-])c1. The summed E-state index contributed by atoms with van der Waals surface area (Å²) in [5.41, 5.74) is 0.122. The van der Waals surface area contributed by atoms with Crippen LogP contribution in [0, 0.1) is 0 Å². The van der Waals surface area contributed by atoms with Crippen molar-refractivity contribution >= 4 is 44.9 Å². The van der Waals surface area contributed by atoms with Crippen LogP contribution in [0.2, 0.25) is 5.02 Å². The molecule has 0 radical (unpaired) electrons. The number of halogens is 1. The van der Waals surface area contributed by atoms with Gasteiger partial charge in [-0.1, -0.05) is 48.0 Å². The van der Waals surface area contributed by atoms with Crippen LogP contribution in [-0.4, -0.2) is 27.3 Å². The van der Waals surface area contributed by atoms with Gasteiger partial charge in [0.05, 0.1) is 32.8 Å². The van der Waals surface area contributed by atoms with Gasteiger partial charge < -0.3 is 15.2 Å². The number of carboxylic acids is 1. The Morgan fingerprint density at radius 1 is 0.933 bits per heavy atom. The molecule has 0 spiro atoms. The van der Waals surface area contributed by atoms with Gasteiger partial charge in [-0.15, -0.1) is 0 Å². The van der Waals surface area contributed by atoms with Crippen LogP contribution in [0.25, 0.3) is 0 Å². The van der Waals surface area contributed by atoms with E-state index < -0.39 is 21.9 Å². The molecule has 0 heterocycles. The second kappa shape index (κ2) is 8.56. The third-order valence-electron chi connectivity index (χ3n) is 4.36. The number of carboxylic acid groups (broad SMARTS) is 1. The van der Waals surface area contributed by atoms with Gasteiger partial charge >= 0.3 is 0 Å². The molecule has 1 amide bonds. The summed E-state index contributed by atoms with van der Waals surface area (Å²) in [6.45, 7) is 0. The number of para-hydroxylation sites is 2. The molecule has 3 aromatic carbocycles. The lowest BCUT2D eigenvalue weighted by Crippen LogP contribution is -2.27. The first-order valence-corrected chi connectivity index (χ1v) is 10.5. The Labute approximate surface area is 178 Å². The average molecular weight is 444 g/mol. The lowest BCUT2D eigenvalue weighted by atomic mass is 10.1. The van der Waals surface area contributed by atoms with Gasteiger partial charge in [-0.05, 0) is 36.4 Å². The summed E-state index contributed by atoms with van der Waals surface area (Å²) in [6, 6.07) is 17.9. The molecule has 1 N–H and O–H groups in total. The normalized spacial score (nSPS) is 11.0. The number of benzene rings is 3. The molecule has 0 saturated heterocycles. The lowest BCUT2D eigenvalue weighted by Gasteiger charge is -2.20. The first-order chi connectivity index (χ1) is 14.2. The van der Waals surface area contributed by atoms with Crippen molar-refractivity contribution < 1.29 is 23.1 Å². The molecule has 0 saturated carbocycles. The summed E-state index contributed by atoms with van der Waals surface area (Å²) in [7, 11) is -2.57. The smallest absolute Gasteiger partial charge is 0.264 e. The van der Waals surface area contributed by atoms with E-state index in [4.69, 9.17) is 11.6 Å². The van der Waals surface area contributed by atoms with E-state index in [-0.39, 0.29) is 26.7 Å². The first kappa shape index (κ1) is 21.4. The summed E-state index contributed by atoms with van der Waals surface area (Å²) >= 11 is 6.11. The molecule has 0 fully saturated rings. The highest BCUT2D eigenvalue weighted by Gasteiger charge is 2.24. The summed E-state index contributed by atoms with van der Waals surface area (Å²) in [5.74, 6) is -2.22. The molecule has 0 aromatic heterocycles. The van der Waals surface area contributed by atoms with Gasteiger partial charge in [0.15, 0.2) is 0 Å². The average Bonchev–Trinajstić information content (AvgIpc) is 2.74. The van der Waals surface area contributed by atoms with Gasteiger partial charge in [0.1, 0.15) is 0 Å². The summed E-state index contributed by atoms with van der Waals surface area (Å²) < 4.78 is 27.1. The molecule has 0 bridgehead atoms. The molecular weight excluding hydrogens is 428 g/mol. The van der Waals surface area contributed by atoms with E-state index in [2.05, 4.69) is 5.32 Å². The Morgan fingerprint density at radius 3 is 2.23 bits per heavy atom. The molecule has 0 aliphatic heterocycles.